The van der Waals surface area contributed by atoms with Crippen molar-refractivity contribution < 1.29 is 14.3 Å². The van der Waals surface area contributed by atoms with Crippen LogP contribution in [-0.2, 0) is 9.53 Å². The third-order valence-corrected chi connectivity index (χ3v) is 3.29. The van der Waals surface area contributed by atoms with Crippen molar-refractivity contribution in [1.82, 2.24) is 5.32 Å². The number of hydrogen-bond donors (Lipinski definition) is 2. The highest BCUT2D eigenvalue weighted by Crippen LogP contribution is 2.25. The van der Waals surface area contributed by atoms with Crippen LogP contribution in [0.3, 0.4) is 0 Å². The van der Waals surface area contributed by atoms with E-state index in [4.69, 9.17) is 10.5 Å². The van der Waals surface area contributed by atoms with E-state index in [2.05, 4.69) is 5.32 Å². The number of nitrogens with two attached hydrogens (primary N) is 1. The molecule has 0 aliphatic heterocycles. The van der Waals surface area contributed by atoms with Crippen LogP contribution < -0.4 is 11.1 Å². The van der Waals surface area contributed by atoms with Gasteiger partial charge in [-0.05, 0) is 32.0 Å². The number of esters is 1. The van der Waals surface area contributed by atoms with E-state index in [1.807, 2.05) is 13.8 Å². The number of methoxy groups -OCH3 is 1. The molecule has 0 saturated carbocycles. The smallest absolute Gasteiger partial charge is 0.339 e. The molecule has 0 aromatic heterocycles. The zero-order valence-electron chi connectivity index (χ0n) is 11.2. The quantitative estimate of drug-likeness (QED) is 0.488. The molecule has 0 bridgehead atoms. The lowest BCUT2D eigenvalue weighted by Crippen LogP contribution is -2.31. The van der Waals surface area contributed by atoms with Crippen molar-refractivity contribution in [2.24, 2.45) is 0 Å². The molecule has 0 aliphatic carbocycles. The fraction of sp³-hybridized carbons (Fsp3) is 0.385. The summed E-state index contributed by atoms with van der Waals surface area (Å²) in [6, 6.07) is 5.05. The van der Waals surface area contributed by atoms with Gasteiger partial charge in [0.2, 0.25) is 5.91 Å². The van der Waals surface area contributed by atoms with E-state index in [1.54, 1.807) is 18.2 Å². The molecule has 1 aromatic rings. The summed E-state index contributed by atoms with van der Waals surface area (Å²) in [6.45, 7) is 3.79. The maximum Gasteiger partial charge on any atom is 0.339 e. The predicted octanol–water partition coefficient (Wildman–Crippen LogP) is 1.67. The molecule has 0 radical (unpaired) electrons. The van der Waals surface area contributed by atoms with E-state index in [0.717, 1.165) is 0 Å². The Morgan fingerprint density at radius 3 is 2.68 bits per heavy atom. The standard InChI is InChI=1S/C13H18N2O3S/c1-8(2)15-12(16)7-19-11-5-4-9(14)6-10(11)13(17)18-3/h4-6,8H,7,14H2,1-3H3,(H,15,16). The number of benzene rings is 1. The molecule has 0 heterocycles. The molecule has 1 aromatic carbocycles. The molecule has 0 aliphatic rings. The molecule has 1 amide bonds. The van der Waals surface area contributed by atoms with Gasteiger partial charge in [0.05, 0.1) is 18.4 Å². The van der Waals surface area contributed by atoms with E-state index in [9.17, 15) is 9.59 Å². The minimum atomic E-state index is -0.459. The normalized spacial score (nSPS) is 10.3. The Hall–Kier alpha value is -1.69. The van der Waals surface area contributed by atoms with Crippen molar-refractivity contribution in [3.05, 3.63) is 23.8 Å². The van der Waals surface area contributed by atoms with E-state index >= 15 is 0 Å². The Bertz CT molecular complexity index is 475. The Kier molecular flexibility index (Phi) is 5.69. The number of hydrogen-bond acceptors (Lipinski definition) is 5. The first kappa shape index (κ1) is 15.4. The molecule has 0 fully saturated rings. The number of carbonyl (C=O) groups excluding carboxylic acids is 2. The second-order valence-corrected chi connectivity index (χ2v) is 5.28. The third kappa shape index (κ3) is 4.82. The van der Waals surface area contributed by atoms with E-state index < -0.39 is 5.97 Å². The summed E-state index contributed by atoms with van der Waals surface area (Å²) in [7, 11) is 1.31. The SMILES string of the molecule is COC(=O)c1cc(N)ccc1SCC(=O)NC(C)C. The van der Waals surface area contributed by atoms with Gasteiger partial charge < -0.3 is 15.8 Å². The number of nitrogens with one attached hydrogen (secondary N) is 1. The van der Waals surface area contributed by atoms with E-state index in [-0.39, 0.29) is 17.7 Å². The Balaban J connectivity index is 2.78. The largest absolute Gasteiger partial charge is 0.465 e. The van der Waals surface area contributed by atoms with Gasteiger partial charge in [-0.25, -0.2) is 4.79 Å². The summed E-state index contributed by atoms with van der Waals surface area (Å²) >= 11 is 1.28. The first-order valence-electron chi connectivity index (χ1n) is 5.84. The number of carbonyl (C=O) groups is 2. The average molecular weight is 282 g/mol. The van der Waals surface area contributed by atoms with Gasteiger partial charge in [-0.2, -0.15) is 0 Å². The first-order chi connectivity index (χ1) is 8.93. The lowest BCUT2D eigenvalue weighted by Gasteiger charge is -2.10. The van der Waals surface area contributed by atoms with Crippen molar-refractivity contribution >= 4 is 29.3 Å². The van der Waals surface area contributed by atoms with E-state index in [0.29, 0.717) is 16.1 Å². The Morgan fingerprint density at radius 1 is 1.42 bits per heavy atom. The van der Waals surface area contributed by atoms with Crippen LogP contribution in [0.15, 0.2) is 23.1 Å². The zero-order chi connectivity index (χ0) is 14.4. The minimum absolute atomic E-state index is 0.0763. The lowest BCUT2D eigenvalue weighted by atomic mass is 10.2. The van der Waals surface area contributed by atoms with Crippen LogP contribution in [-0.4, -0.2) is 30.8 Å². The summed E-state index contributed by atoms with van der Waals surface area (Å²) in [4.78, 5) is 23.9. The predicted molar refractivity (Wildman–Crippen MR) is 76.2 cm³/mol. The molecule has 104 valence electrons. The van der Waals surface area contributed by atoms with Gasteiger partial charge in [0, 0.05) is 16.6 Å². The summed E-state index contributed by atoms with van der Waals surface area (Å²) in [6.07, 6.45) is 0. The highest BCUT2D eigenvalue weighted by atomic mass is 32.2. The maximum absolute atomic E-state index is 11.6. The van der Waals surface area contributed by atoms with Gasteiger partial charge in [0.25, 0.3) is 0 Å². The van der Waals surface area contributed by atoms with E-state index in [1.165, 1.54) is 18.9 Å². The fourth-order valence-electron chi connectivity index (χ4n) is 1.45. The van der Waals surface area contributed by atoms with Crippen molar-refractivity contribution in [2.45, 2.75) is 24.8 Å². The van der Waals surface area contributed by atoms with Gasteiger partial charge in [-0.15, -0.1) is 11.8 Å². The molecular formula is C13H18N2O3S. The average Bonchev–Trinajstić information content (AvgIpc) is 2.35. The first-order valence-corrected chi connectivity index (χ1v) is 6.82. The topological polar surface area (TPSA) is 81.4 Å². The Labute approximate surface area is 116 Å². The van der Waals surface area contributed by atoms with Crippen LogP contribution >= 0.6 is 11.8 Å². The molecule has 6 heteroatoms. The van der Waals surface area contributed by atoms with Gasteiger partial charge in [0.15, 0.2) is 0 Å². The number of thioether (sulfide) groups is 1. The number of nitrogen functional groups attached to an aromatic ring is 1. The molecule has 0 atom stereocenters. The Morgan fingerprint density at radius 2 is 2.11 bits per heavy atom. The highest BCUT2D eigenvalue weighted by molar-refractivity contribution is 8.00. The molecule has 19 heavy (non-hydrogen) atoms. The summed E-state index contributed by atoms with van der Waals surface area (Å²) in [5, 5.41) is 2.79. The van der Waals surface area contributed by atoms with Gasteiger partial charge in [-0.1, -0.05) is 0 Å². The highest BCUT2D eigenvalue weighted by Gasteiger charge is 2.14. The lowest BCUT2D eigenvalue weighted by molar-refractivity contribution is -0.119. The summed E-state index contributed by atoms with van der Waals surface area (Å²) in [5.41, 5.74) is 6.51. The molecule has 0 saturated heterocycles. The third-order valence-electron chi connectivity index (χ3n) is 2.22. The zero-order valence-corrected chi connectivity index (χ0v) is 12.0. The van der Waals surface area contributed by atoms with Gasteiger partial charge >= 0.3 is 5.97 Å². The van der Waals surface area contributed by atoms with Crippen molar-refractivity contribution in [1.29, 1.82) is 0 Å². The maximum atomic E-state index is 11.6. The summed E-state index contributed by atoms with van der Waals surface area (Å²) < 4.78 is 4.69. The minimum Gasteiger partial charge on any atom is -0.465 e. The van der Waals surface area contributed by atoms with Crippen LogP contribution in [0, 0.1) is 0 Å². The van der Waals surface area contributed by atoms with Gasteiger partial charge in [0.1, 0.15) is 0 Å². The molecule has 3 N–H and O–H groups in total. The monoisotopic (exact) mass is 282 g/mol. The number of anilines is 1. The van der Waals surface area contributed by atoms with Crippen molar-refractivity contribution in [2.75, 3.05) is 18.6 Å². The van der Waals surface area contributed by atoms with Crippen LogP contribution in [0.2, 0.25) is 0 Å². The second kappa shape index (κ2) is 7.04. The summed E-state index contributed by atoms with van der Waals surface area (Å²) in [5.74, 6) is -0.293. The van der Waals surface area contributed by atoms with Crippen molar-refractivity contribution in [3.63, 3.8) is 0 Å². The molecule has 5 nitrogen and oxygen atoms in total. The number of ether oxygens (including phenoxy) is 1. The molecule has 0 spiro atoms. The van der Waals surface area contributed by atoms with Crippen LogP contribution in [0.1, 0.15) is 24.2 Å². The number of amides is 1. The van der Waals surface area contributed by atoms with Crippen LogP contribution in [0.4, 0.5) is 5.69 Å². The second-order valence-electron chi connectivity index (χ2n) is 4.26. The molecular weight excluding hydrogens is 264 g/mol. The molecule has 0 unspecified atom stereocenters. The fourth-order valence-corrected chi connectivity index (χ4v) is 2.28. The molecule has 1 rings (SSSR count). The van der Waals surface area contributed by atoms with Crippen LogP contribution in [0.5, 0.6) is 0 Å². The van der Waals surface area contributed by atoms with Gasteiger partial charge in [-0.3, -0.25) is 4.79 Å². The van der Waals surface area contributed by atoms with Crippen molar-refractivity contribution in [3.8, 4) is 0 Å². The number of rotatable bonds is 5. The van der Waals surface area contributed by atoms with Crippen LogP contribution in [0.25, 0.3) is 0 Å².